The second kappa shape index (κ2) is 13.4. The SMILES string of the molecule is COc1cc(C)cnc1N1CCN(C(=O)c2cc3c([C@@H]4CCN(C)C4)cc(C4=CCCN(C(=O)CCn5ccnn5)C4)c(F)c3[nH]2)CC1. The van der Waals surface area contributed by atoms with Gasteiger partial charge >= 0.3 is 0 Å². The fourth-order valence-electron chi connectivity index (χ4n) is 7.25. The minimum Gasteiger partial charge on any atom is -0.493 e. The molecule has 2 fully saturated rings. The van der Waals surface area contributed by atoms with Crippen molar-refractivity contribution in [3.8, 4) is 5.75 Å². The number of amides is 2. The van der Waals surface area contributed by atoms with Crippen LogP contribution in [0, 0.1) is 12.7 Å². The van der Waals surface area contributed by atoms with Crippen LogP contribution in [-0.4, -0.2) is 118 Å². The monoisotopic (exact) mass is 655 g/mol. The summed E-state index contributed by atoms with van der Waals surface area (Å²) in [4.78, 5) is 42.8. The molecule has 2 saturated heterocycles. The van der Waals surface area contributed by atoms with Gasteiger partial charge in [0.1, 0.15) is 5.69 Å². The minimum atomic E-state index is -0.385. The number of aryl methyl sites for hydroxylation is 2. The van der Waals surface area contributed by atoms with Gasteiger partial charge in [-0.15, -0.1) is 5.10 Å². The van der Waals surface area contributed by atoms with Gasteiger partial charge in [0.15, 0.2) is 17.4 Å². The third-order valence-electron chi connectivity index (χ3n) is 9.88. The van der Waals surface area contributed by atoms with Crippen molar-refractivity contribution in [1.29, 1.82) is 0 Å². The van der Waals surface area contributed by atoms with E-state index >= 15 is 4.39 Å². The van der Waals surface area contributed by atoms with Crippen LogP contribution in [0.4, 0.5) is 10.2 Å². The smallest absolute Gasteiger partial charge is 0.270 e. The number of halogens is 1. The highest BCUT2D eigenvalue weighted by atomic mass is 19.1. The van der Waals surface area contributed by atoms with Crippen LogP contribution in [0.2, 0.25) is 0 Å². The Bertz CT molecular complexity index is 1850. The number of piperazine rings is 1. The summed E-state index contributed by atoms with van der Waals surface area (Å²) in [7, 11) is 3.74. The number of carbonyl (C=O) groups is 2. The quantitative estimate of drug-likeness (QED) is 0.306. The fraction of sp³-hybridized carbons (Fsp3) is 0.457. The van der Waals surface area contributed by atoms with Gasteiger partial charge in [-0.2, -0.15) is 0 Å². The zero-order chi connectivity index (χ0) is 33.4. The molecule has 48 heavy (non-hydrogen) atoms. The molecule has 13 heteroatoms. The Morgan fingerprint density at radius 3 is 2.65 bits per heavy atom. The van der Waals surface area contributed by atoms with Crippen LogP contribution >= 0.6 is 0 Å². The molecular formula is C35H42FN9O3. The van der Waals surface area contributed by atoms with Crippen LogP contribution in [0.25, 0.3) is 16.5 Å². The highest BCUT2D eigenvalue weighted by Crippen LogP contribution is 2.38. The molecule has 0 saturated carbocycles. The average molecular weight is 656 g/mol. The maximum absolute atomic E-state index is 16.6. The van der Waals surface area contributed by atoms with Gasteiger partial charge in [0.2, 0.25) is 5.91 Å². The van der Waals surface area contributed by atoms with Crippen molar-refractivity contribution in [2.24, 2.45) is 0 Å². The van der Waals surface area contributed by atoms with Gasteiger partial charge in [0, 0.05) is 75.6 Å². The fourth-order valence-corrected chi connectivity index (χ4v) is 7.25. The number of carbonyl (C=O) groups excluding carboxylic acids is 2. The molecule has 0 unspecified atom stereocenters. The molecule has 0 bridgehead atoms. The number of likely N-dealkylation sites (N-methyl/N-ethyl adjacent to an activating group) is 1. The highest BCUT2D eigenvalue weighted by molar-refractivity contribution is 6.00. The number of rotatable bonds is 8. The summed E-state index contributed by atoms with van der Waals surface area (Å²) < 4.78 is 23.8. The van der Waals surface area contributed by atoms with E-state index in [2.05, 4.69) is 37.1 Å². The first-order valence-corrected chi connectivity index (χ1v) is 16.7. The lowest BCUT2D eigenvalue weighted by molar-refractivity contribution is -0.131. The van der Waals surface area contributed by atoms with Crippen molar-refractivity contribution >= 4 is 34.1 Å². The number of methoxy groups -OCH3 is 1. The number of anilines is 1. The van der Waals surface area contributed by atoms with E-state index in [0.29, 0.717) is 81.2 Å². The lowest BCUT2D eigenvalue weighted by Gasteiger charge is -2.35. The molecule has 1 aromatic carbocycles. The first kappa shape index (κ1) is 31.8. The van der Waals surface area contributed by atoms with Crippen molar-refractivity contribution in [1.82, 2.24) is 39.7 Å². The maximum atomic E-state index is 16.6. The zero-order valence-electron chi connectivity index (χ0n) is 27.8. The number of H-pyrrole nitrogens is 1. The van der Waals surface area contributed by atoms with Crippen molar-refractivity contribution in [2.75, 3.05) is 71.4 Å². The molecule has 6 heterocycles. The molecular weight excluding hydrogens is 613 g/mol. The van der Waals surface area contributed by atoms with E-state index in [-0.39, 0.29) is 23.5 Å². The summed E-state index contributed by atoms with van der Waals surface area (Å²) >= 11 is 0. The Kier molecular flexibility index (Phi) is 8.86. The van der Waals surface area contributed by atoms with Crippen molar-refractivity contribution < 1.29 is 18.7 Å². The van der Waals surface area contributed by atoms with Gasteiger partial charge in [-0.05, 0) is 74.2 Å². The van der Waals surface area contributed by atoms with E-state index in [1.165, 1.54) is 0 Å². The van der Waals surface area contributed by atoms with Crippen molar-refractivity contribution in [3.63, 3.8) is 0 Å². The number of aromatic nitrogens is 5. The highest BCUT2D eigenvalue weighted by Gasteiger charge is 2.31. The number of ether oxygens (including phenoxy) is 1. The van der Waals surface area contributed by atoms with Gasteiger partial charge in [-0.25, -0.2) is 9.37 Å². The Morgan fingerprint density at radius 1 is 1.08 bits per heavy atom. The second-order valence-electron chi connectivity index (χ2n) is 13.1. The number of nitrogens with one attached hydrogen (secondary N) is 1. The van der Waals surface area contributed by atoms with Crippen LogP contribution in [0.15, 0.2) is 42.9 Å². The summed E-state index contributed by atoms with van der Waals surface area (Å²) in [5.41, 5.74) is 4.08. The van der Waals surface area contributed by atoms with Gasteiger partial charge in [0.25, 0.3) is 5.91 Å². The predicted molar refractivity (Wildman–Crippen MR) is 181 cm³/mol. The van der Waals surface area contributed by atoms with Gasteiger partial charge in [0.05, 0.1) is 25.4 Å². The molecule has 0 spiro atoms. The summed E-state index contributed by atoms with van der Waals surface area (Å²) in [6.07, 6.45) is 9.08. The second-order valence-corrected chi connectivity index (χ2v) is 13.1. The molecule has 3 aromatic heterocycles. The number of likely N-dealkylation sites (tertiary alicyclic amines) is 1. The molecule has 0 radical (unpaired) electrons. The van der Waals surface area contributed by atoms with Gasteiger partial charge in [-0.1, -0.05) is 11.3 Å². The van der Waals surface area contributed by atoms with E-state index in [1.54, 1.807) is 29.1 Å². The number of benzene rings is 1. The van der Waals surface area contributed by atoms with Gasteiger partial charge < -0.3 is 29.3 Å². The molecule has 3 aliphatic rings. The number of pyridine rings is 1. The van der Waals surface area contributed by atoms with E-state index < -0.39 is 0 Å². The Labute approximate surface area is 279 Å². The number of aromatic amines is 1. The van der Waals surface area contributed by atoms with Gasteiger partial charge in [-0.3, -0.25) is 14.3 Å². The zero-order valence-corrected chi connectivity index (χ0v) is 27.8. The molecule has 4 aromatic rings. The van der Waals surface area contributed by atoms with E-state index in [1.807, 2.05) is 42.3 Å². The Balaban J connectivity index is 1.13. The molecule has 2 amide bonds. The summed E-state index contributed by atoms with van der Waals surface area (Å²) in [6.45, 7) is 7.39. The largest absolute Gasteiger partial charge is 0.493 e. The standard InChI is InChI=1S/C35H42FN9O3/c1-23-17-30(48-3)34(37-20-23)42-13-15-43(16-14-42)35(47)29-19-28-26(25-6-10-41(2)21-25)18-27(32(36)33(28)39-29)24-5-4-9-44(22-24)31(46)7-11-45-12-8-38-40-45/h5,8,12,17-20,25,39H,4,6-7,9-11,13-16,21-22H2,1-3H3/t25-/m1/s1. The first-order valence-electron chi connectivity index (χ1n) is 16.7. The average Bonchev–Trinajstić information content (AvgIpc) is 3.89. The Hall–Kier alpha value is -4.78. The van der Waals surface area contributed by atoms with E-state index in [0.717, 1.165) is 47.4 Å². The topological polar surface area (TPSA) is 116 Å². The van der Waals surface area contributed by atoms with Crippen LogP contribution in [0.3, 0.4) is 0 Å². The molecule has 1 atom stereocenters. The third-order valence-corrected chi connectivity index (χ3v) is 9.88. The normalized spacial score (nSPS) is 18.9. The lowest BCUT2D eigenvalue weighted by Crippen LogP contribution is -2.49. The van der Waals surface area contributed by atoms with Crippen LogP contribution in [0.1, 0.15) is 52.4 Å². The summed E-state index contributed by atoms with van der Waals surface area (Å²) in [6, 6.07) is 5.77. The number of nitrogens with zero attached hydrogens (tertiary/aromatic N) is 8. The predicted octanol–water partition coefficient (Wildman–Crippen LogP) is 3.70. The molecule has 12 nitrogen and oxygen atoms in total. The van der Waals surface area contributed by atoms with E-state index in [4.69, 9.17) is 4.74 Å². The number of fused-ring (bicyclic) bond motifs is 1. The third kappa shape index (κ3) is 6.26. The molecule has 252 valence electrons. The van der Waals surface area contributed by atoms with Crippen LogP contribution in [0.5, 0.6) is 5.75 Å². The Morgan fingerprint density at radius 2 is 1.92 bits per heavy atom. The number of hydrogen-bond acceptors (Lipinski definition) is 8. The summed E-state index contributed by atoms with van der Waals surface area (Å²) in [5, 5.41) is 8.51. The molecule has 1 N–H and O–H groups in total. The minimum absolute atomic E-state index is 0.000292. The molecule has 7 rings (SSSR count). The maximum Gasteiger partial charge on any atom is 0.270 e. The van der Waals surface area contributed by atoms with Crippen molar-refractivity contribution in [2.45, 2.75) is 38.6 Å². The van der Waals surface area contributed by atoms with Crippen molar-refractivity contribution in [3.05, 3.63) is 71.1 Å². The molecule has 3 aliphatic heterocycles. The van der Waals surface area contributed by atoms with Crippen LogP contribution < -0.4 is 9.64 Å². The molecule has 0 aliphatic carbocycles. The van der Waals surface area contributed by atoms with Crippen LogP contribution in [-0.2, 0) is 11.3 Å². The number of hydrogen-bond donors (Lipinski definition) is 1. The summed E-state index contributed by atoms with van der Waals surface area (Å²) in [5.74, 6) is 1.17. The van der Waals surface area contributed by atoms with E-state index in [9.17, 15) is 9.59 Å². The first-order chi connectivity index (χ1) is 23.3. The lowest BCUT2D eigenvalue weighted by atomic mass is 9.89.